The van der Waals surface area contributed by atoms with Crippen LogP contribution in [0.5, 0.6) is 0 Å². The highest BCUT2D eigenvalue weighted by Gasteiger charge is 2.05. The number of nitrogens with zero attached hydrogens (tertiary/aromatic N) is 2. The Balaban J connectivity index is 0.000000461. The van der Waals surface area contributed by atoms with Crippen molar-refractivity contribution in [1.82, 2.24) is 9.55 Å². The van der Waals surface area contributed by atoms with E-state index < -0.39 is 0 Å². The second-order valence-electron chi connectivity index (χ2n) is 2.90. The molecule has 0 bridgehead atoms. The molecule has 0 aliphatic carbocycles. The smallest absolute Gasteiger partial charge is 0.0832 e. The Hall–Kier alpha value is -1.02. The first-order chi connectivity index (χ1) is 6.70. The van der Waals surface area contributed by atoms with Gasteiger partial charge in [0.05, 0.1) is 10.5 Å². The number of aryl methyl sites for hydroxylation is 2. The molecular weight excluding hydrogens is 196 g/mol. The SMILES string of the molecule is CC.Cc1cc2cncc(Cl)c2n1C. The van der Waals surface area contributed by atoms with Crippen LogP contribution < -0.4 is 0 Å². The first-order valence-corrected chi connectivity index (χ1v) is 5.13. The van der Waals surface area contributed by atoms with Gasteiger partial charge >= 0.3 is 0 Å². The molecule has 0 saturated heterocycles. The van der Waals surface area contributed by atoms with Crippen molar-refractivity contribution in [3.63, 3.8) is 0 Å². The maximum absolute atomic E-state index is 5.99. The van der Waals surface area contributed by atoms with Crippen molar-refractivity contribution in [2.45, 2.75) is 20.8 Å². The third kappa shape index (κ3) is 1.75. The molecule has 0 N–H and O–H groups in total. The topological polar surface area (TPSA) is 17.8 Å². The molecule has 0 unspecified atom stereocenters. The van der Waals surface area contributed by atoms with E-state index in [9.17, 15) is 0 Å². The van der Waals surface area contributed by atoms with E-state index >= 15 is 0 Å². The van der Waals surface area contributed by atoms with Crippen LogP contribution in [0.2, 0.25) is 5.02 Å². The van der Waals surface area contributed by atoms with Crippen LogP contribution in [0.25, 0.3) is 10.9 Å². The Morgan fingerprint density at radius 3 is 2.50 bits per heavy atom. The Morgan fingerprint density at radius 2 is 1.93 bits per heavy atom. The highest BCUT2D eigenvalue weighted by molar-refractivity contribution is 6.34. The molecule has 2 nitrogen and oxygen atoms in total. The molecule has 3 heteroatoms. The molecule has 2 rings (SSSR count). The van der Waals surface area contributed by atoms with Gasteiger partial charge in [0.1, 0.15) is 0 Å². The van der Waals surface area contributed by atoms with Gasteiger partial charge in [0, 0.05) is 30.5 Å². The first-order valence-electron chi connectivity index (χ1n) is 4.75. The second kappa shape index (κ2) is 4.47. The van der Waals surface area contributed by atoms with E-state index in [2.05, 4.69) is 22.5 Å². The predicted octanol–water partition coefficient (Wildman–Crippen LogP) is 3.56. The minimum absolute atomic E-state index is 0.711. The molecule has 0 spiro atoms. The number of halogens is 1. The third-order valence-electron chi connectivity index (χ3n) is 2.13. The Bertz CT molecular complexity index is 432. The summed E-state index contributed by atoms with van der Waals surface area (Å²) in [5, 5.41) is 1.81. The van der Waals surface area contributed by atoms with Crippen molar-refractivity contribution < 1.29 is 0 Å². The fourth-order valence-electron chi connectivity index (χ4n) is 1.40. The Morgan fingerprint density at radius 1 is 1.29 bits per heavy atom. The summed E-state index contributed by atoms with van der Waals surface area (Å²) in [5.41, 5.74) is 2.25. The molecule has 0 saturated carbocycles. The van der Waals surface area contributed by atoms with E-state index in [0.29, 0.717) is 5.02 Å². The van der Waals surface area contributed by atoms with E-state index in [1.54, 1.807) is 6.20 Å². The first kappa shape index (κ1) is 11.1. The maximum Gasteiger partial charge on any atom is 0.0832 e. The van der Waals surface area contributed by atoms with Gasteiger partial charge in [0.2, 0.25) is 0 Å². The molecule has 0 aliphatic rings. The van der Waals surface area contributed by atoms with E-state index in [4.69, 9.17) is 11.6 Å². The summed E-state index contributed by atoms with van der Waals surface area (Å²) < 4.78 is 2.07. The van der Waals surface area contributed by atoms with Crippen molar-refractivity contribution in [2.75, 3.05) is 0 Å². The van der Waals surface area contributed by atoms with E-state index in [1.807, 2.05) is 27.1 Å². The van der Waals surface area contributed by atoms with Gasteiger partial charge in [-0.3, -0.25) is 4.98 Å². The molecule has 0 aliphatic heterocycles. The van der Waals surface area contributed by atoms with Gasteiger partial charge in [-0.15, -0.1) is 0 Å². The molecule has 14 heavy (non-hydrogen) atoms. The van der Waals surface area contributed by atoms with Crippen molar-refractivity contribution in [3.8, 4) is 0 Å². The van der Waals surface area contributed by atoms with Gasteiger partial charge in [-0.05, 0) is 13.0 Å². The van der Waals surface area contributed by atoms with Gasteiger partial charge in [0.15, 0.2) is 0 Å². The normalized spacial score (nSPS) is 9.79. The summed E-state index contributed by atoms with van der Waals surface area (Å²) in [7, 11) is 2.00. The summed E-state index contributed by atoms with van der Waals surface area (Å²) in [6.07, 6.45) is 3.50. The third-order valence-corrected chi connectivity index (χ3v) is 2.41. The molecule has 0 amide bonds. The minimum Gasteiger partial charge on any atom is -0.347 e. The molecule has 2 heterocycles. The second-order valence-corrected chi connectivity index (χ2v) is 3.31. The van der Waals surface area contributed by atoms with Gasteiger partial charge < -0.3 is 4.57 Å². The summed E-state index contributed by atoms with van der Waals surface area (Å²) in [6.45, 7) is 6.05. The average Bonchev–Trinajstić information content (AvgIpc) is 2.47. The van der Waals surface area contributed by atoms with Crippen molar-refractivity contribution in [3.05, 3.63) is 29.2 Å². The van der Waals surface area contributed by atoms with Gasteiger partial charge in [-0.25, -0.2) is 0 Å². The van der Waals surface area contributed by atoms with E-state index in [1.165, 1.54) is 5.69 Å². The Kier molecular flexibility index (Phi) is 3.53. The number of fused-ring (bicyclic) bond motifs is 1. The van der Waals surface area contributed by atoms with Gasteiger partial charge in [-0.1, -0.05) is 25.4 Å². The highest BCUT2D eigenvalue weighted by Crippen LogP contribution is 2.24. The Labute approximate surface area is 89.5 Å². The fourth-order valence-corrected chi connectivity index (χ4v) is 1.69. The number of rotatable bonds is 0. The summed E-state index contributed by atoms with van der Waals surface area (Å²) >= 11 is 5.99. The van der Waals surface area contributed by atoms with Crippen molar-refractivity contribution in [1.29, 1.82) is 0 Å². The van der Waals surface area contributed by atoms with Crippen LogP contribution in [-0.2, 0) is 7.05 Å². The summed E-state index contributed by atoms with van der Waals surface area (Å²) in [6, 6.07) is 2.08. The lowest BCUT2D eigenvalue weighted by molar-refractivity contribution is 0.917. The minimum atomic E-state index is 0.711. The molecule has 0 aromatic carbocycles. The molecule has 76 valence electrons. The lowest BCUT2D eigenvalue weighted by atomic mass is 10.3. The highest BCUT2D eigenvalue weighted by atomic mass is 35.5. The van der Waals surface area contributed by atoms with Crippen LogP contribution >= 0.6 is 11.6 Å². The van der Waals surface area contributed by atoms with Crippen LogP contribution in [0.15, 0.2) is 18.5 Å². The standard InChI is InChI=1S/C9H9ClN2.C2H6/c1-6-3-7-4-11-5-8(10)9(7)12(6)2;1-2/h3-5H,1-2H3;1-2H3. The molecule has 2 aromatic heterocycles. The number of hydrogen-bond acceptors (Lipinski definition) is 1. The summed E-state index contributed by atoms with van der Waals surface area (Å²) in [4.78, 5) is 4.02. The predicted molar refractivity (Wildman–Crippen MR) is 61.8 cm³/mol. The lowest BCUT2D eigenvalue weighted by Gasteiger charge is -1.99. The lowest BCUT2D eigenvalue weighted by Crippen LogP contribution is -1.89. The summed E-state index contributed by atoms with van der Waals surface area (Å²) in [5.74, 6) is 0. The fraction of sp³-hybridized carbons (Fsp3) is 0.364. The van der Waals surface area contributed by atoms with Crippen LogP contribution in [-0.4, -0.2) is 9.55 Å². The zero-order valence-corrected chi connectivity index (χ0v) is 9.76. The number of hydrogen-bond donors (Lipinski definition) is 0. The quantitative estimate of drug-likeness (QED) is 0.650. The molecule has 2 aromatic rings. The number of aromatic nitrogens is 2. The maximum atomic E-state index is 5.99. The molecular formula is C11H15ClN2. The zero-order chi connectivity index (χ0) is 10.7. The van der Waals surface area contributed by atoms with Crippen LogP contribution in [0.3, 0.4) is 0 Å². The monoisotopic (exact) mass is 210 g/mol. The largest absolute Gasteiger partial charge is 0.347 e. The van der Waals surface area contributed by atoms with Crippen LogP contribution in [0.4, 0.5) is 0 Å². The van der Waals surface area contributed by atoms with E-state index in [-0.39, 0.29) is 0 Å². The van der Waals surface area contributed by atoms with Crippen molar-refractivity contribution in [2.24, 2.45) is 7.05 Å². The van der Waals surface area contributed by atoms with E-state index in [0.717, 1.165) is 10.9 Å². The molecule has 0 fully saturated rings. The van der Waals surface area contributed by atoms with Crippen LogP contribution in [0.1, 0.15) is 19.5 Å². The average molecular weight is 211 g/mol. The molecule has 0 radical (unpaired) electrons. The molecule has 0 atom stereocenters. The van der Waals surface area contributed by atoms with Gasteiger partial charge in [-0.2, -0.15) is 0 Å². The zero-order valence-electron chi connectivity index (χ0n) is 9.00. The van der Waals surface area contributed by atoms with Crippen molar-refractivity contribution >= 4 is 22.5 Å². The number of pyridine rings is 1. The van der Waals surface area contributed by atoms with Crippen LogP contribution in [0, 0.1) is 6.92 Å². The van der Waals surface area contributed by atoms with Gasteiger partial charge in [0.25, 0.3) is 0 Å².